The summed E-state index contributed by atoms with van der Waals surface area (Å²) in [5, 5.41) is 13.5. The van der Waals surface area contributed by atoms with Crippen LogP contribution in [-0.4, -0.2) is 17.9 Å². The molecular weight excluding hydrogens is 315 g/mol. The highest BCUT2D eigenvalue weighted by Gasteiger charge is 2.17. The van der Waals surface area contributed by atoms with Crippen LogP contribution in [0.3, 0.4) is 0 Å². The lowest BCUT2D eigenvalue weighted by Gasteiger charge is -2.09. The number of nitrogens with zero attached hydrogens (tertiary/aromatic N) is 1. The first-order valence-electron chi connectivity index (χ1n) is 6.01. The lowest BCUT2D eigenvalue weighted by atomic mass is 10.1. The second-order valence-electron chi connectivity index (χ2n) is 4.22. The van der Waals surface area contributed by atoms with Gasteiger partial charge in [0.1, 0.15) is 5.75 Å². The Kier molecular flexibility index (Phi) is 4.57. The molecule has 0 atom stereocenters. The highest BCUT2D eigenvalue weighted by molar-refractivity contribution is 6.31. The largest absolute Gasteiger partial charge is 0.496 e. The van der Waals surface area contributed by atoms with Crippen molar-refractivity contribution >= 4 is 28.9 Å². The summed E-state index contributed by atoms with van der Waals surface area (Å²) in [6.07, 6.45) is 0. The zero-order valence-electron chi connectivity index (χ0n) is 11.3. The Balaban J connectivity index is 2.30. The summed E-state index contributed by atoms with van der Waals surface area (Å²) >= 11 is 5.81. The Morgan fingerprint density at radius 3 is 2.68 bits per heavy atom. The summed E-state index contributed by atoms with van der Waals surface area (Å²) in [6.45, 7) is 0. The number of halogens is 2. The van der Waals surface area contributed by atoms with Gasteiger partial charge in [0, 0.05) is 16.8 Å². The molecule has 0 unspecified atom stereocenters. The van der Waals surface area contributed by atoms with Gasteiger partial charge in [-0.05, 0) is 30.3 Å². The van der Waals surface area contributed by atoms with Gasteiger partial charge in [0.25, 0.3) is 5.91 Å². The molecule has 0 spiro atoms. The smallest absolute Gasteiger partial charge is 0.306 e. The van der Waals surface area contributed by atoms with Crippen molar-refractivity contribution in [3.05, 3.63) is 62.9 Å². The van der Waals surface area contributed by atoms with Crippen LogP contribution in [0.5, 0.6) is 5.75 Å². The number of ether oxygens (including phenoxy) is 1. The van der Waals surface area contributed by atoms with Gasteiger partial charge in [-0.3, -0.25) is 14.9 Å². The summed E-state index contributed by atoms with van der Waals surface area (Å²) in [6, 6.07) is 7.50. The molecule has 2 aromatic rings. The highest BCUT2D eigenvalue weighted by atomic mass is 35.5. The third-order valence-electron chi connectivity index (χ3n) is 2.81. The third kappa shape index (κ3) is 3.32. The van der Waals surface area contributed by atoms with Crippen LogP contribution in [0.15, 0.2) is 36.4 Å². The van der Waals surface area contributed by atoms with Gasteiger partial charge in [-0.25, -0.2) is 0 Å². The fourth-order valence-electron chi connectivity index (χ4n) is 1.78. The summed E-state index contributed by atoms with van der Waals surface area (Å²) < 4.78 is 18.3. The molecular formula is C14H10ClFN2O4. The van der Waals surface area contributed by atoms with Gasteiger partial charge in [0.15, 0.2) is 0 Å². The number of anilines is 1. The highest BCUT2D eigenvalue weighted by Crippen LogP contribution is 2.26. The number of hydrogen-bond acceptors (Lipinski definition) is 4. The number of nitrogens with one attached hydrogen (secondary N) is 1. The van der Waals surface area contributed by atoms with E-state index in [4.69, 9.17) is 16.3 Å². The second kappa shape index (κ2) is 6.40. The molecule has 0 saturated heterocycles. The van der Waals surface area contributed by atoms with Crippen LogP contribution < -0.4 is 10.1 Å². The van der Waals surface area contributed by atoms with E-state index in [1.54, 1.807) is 0 Å². The van der Waals surface area contributed by atoms with E-state index in [1.807, 2.05) is 0 Å². The first-order chi connectivity index (χ1) is 10.4. The molecule has 0 aliphatic carbocycles. The first-order valence-corrected chi connectivity index (χ1v) is 6.39. The molecule has 0 aliphatic heterocycles. The minimum Gasteiger partial charge on any atom is -0.496 e. The summed E-state index contributed by atoms with van der Waals surface area (Å²) in [5.74, 6) is -1.29. The van der Waals surface area contributed by atoms with E-state index in [2.05, 4.69) is 5.32 Å². The molecule has 22 heavy (non-hydrogen) atoms. The molecule has 0 fully saturated rings. The van der Waals surface area contributed by atoms with Gasteiger partial charge in [-0.15, -0.1) is 0 Å². The molecule has 0 bridgehead atoms. The van der Waals surface area contributed by atoms with E-state index in [9.17, 15) is 19.3 Å². The molecule has 2 aromatic carbocycles. The maximum absolute atomic E-state index is 13.3. The fraction of sp³-hybridized carbons (Fsp3) is 0.0714. The second-order valence-corrected chi connectivity index (χ2v) is 4.66. The SMILES string of the molecule is COc1cc(Cl)ccc1C(=O)Nc1ccc(F)c([N+](=O)[O-])c1. The average molecular weight is 325 g/mol. The van der Waals surface area contributed by atoms with Crippen LogP contribution in [0.2, 0.25) is 5.02 Å². The van der Waals surface area contributed by atoms with Gasteiger partial charge >= 0.3 is 5.69 Å². The Bertz CT molecular complexity index is 752. The number of benzene rings is 2. The van der Waals surface area contributed by atoms with Gasteiger partial charge < -0.3 is 10.1 Å². The number of nitro groups is 1. The van der Waals surface area contributed by atoms with E-state index >= 15 is 0 Å². The van der Waals surface area contributed by atoms with Crippen LogP contribution in [0.1, 0.15) is 10.4 Å². The summed E-state index contributed by atoms with van der Waals surface area (Å²) in [5.41, 5.74) is -0.435. The van der Waals surface area contributed by atoms with Crippen LogP contribution >= 0.6 is 11.6 Å². The van der Waals surface area contributed by atoms with E-state index in [0.29, 0.717) is 5.02 Å². The minimum absolute atomic E-state index is 0.0927. The lowest BCUT2D eigenvalue weighted by Crippen LogP contribution is -2.13. The molecule has 1 amide bonds. The van der Waals surface area contributed by atoms with Crippen LogP contribution in [0.25, 0.3) is 0 Å². The number of carbonyl (C=O) groups is 1. The van der Waals surface area contributed by atoms with E-state index < -0.39 is 22.3 Å². The average Bonchev–Trinajstić information content (AvgIpc) is 2.48. The van der Waals surface area contributed by atoms with Crippen molar-refractivity contribution in [2.75, 3.05) is 12.4 Å². The van der Waals surface area contributed by atoms with E-state index in [1.165, 1.54) is 31.4 Å². The quantitative estimate of drug-likeness (QED) is 0.687. The predicted octanol–water partition coefficient (Wildman–Crippen LogP) is 3.65. The maximum Gasteiger partial charge on any atom is 0.306 e. The topological polar surface area (TPSA) is 81.5 Å². The molecule has 2 rings (SSSR count). The van der Waals surface area contributed by atoms with Crippen molar-refractivity contribution in [1.82, 2.24) is 0 Å². The molecule has 6 nitrogen and oxygen atoms in total. The fourth-order valence-corrected chi connectivity index (χ4v) is 1.94. The van der Waals surface area contributed by atoms with Crippen molar-refractivity contribution in [1.29, 1.82) is 0 Å². The Labute approximate surface area is 129 Å². The van der Waals surface area contributed by atoms with Crippen LogP contribution in [0.4, 0.5) is 15.8 Å². The molecule has 0 aliphatic rings. The molecule has 0 radical (unpaired) electrons. The first kappa shape index (κ1) is 15.7. The standard InChI is InChI=1S/C14H10ClFN2O4/c1-22-13-6-8(15)2-4-10(13)14(19)17-9-3-5-11(16)12(7-9)18(20)21/h2-7H,1H3,(H,17,19). The van der Waals surface area contributed by atoms with E-state index in [-0.39, 0.29) is 17.0 Å². The zero-order valence-corrected chi connectivity index (χ0v) is 12.1. The maximum atomic E-state index is 13.3. The number of carbonyl (C=O) groups excluding carboxylic acids is 1. The van der Waals surface area contributed by atoms with Crippen molar-refractivity contribution < 1.29 is 18.8 Å². The number of methoxy groups -OCH3 is 1. The van der Waals surface area contributed by atoms with Gasteiger partial charge in [-0.1, -0.05) is 11.6 Å². The molecule has 0 heterocycles. The minimum atomic E-state index is -0.980. The van der Waals surface area contributed by atoms with Crippen molar-refractivity contribution in [2.45, 2.75) is 0 Å². The molecule has 1 N–H and O–H groups in total. The number of hydrogen-bond donors (Lipinski definition) is 1. The Hall–Kier alpha value is -2.67. The van der Waals surface area contributed by atoms with Crippen LogP contribution in [0, 0.1) is 15.9 Å². The zero-order chi connectivity index (χ0) is 16.3. The monoisotopic (exact) mass is 324 g/mol. The predicted molar refractivity (Wildman–Crippen MR) is 79.0 cm³/mol. The van der Waals surface area contributed by atoms with Crippen molar-refractivity contribution in [3.63, 3.8) is 0 Å². The van der Waals surface area contributed by atoms with Gasteiger partial charge in [0.2, 0.25) is 5.82 Å². The lowest BCUT2D eigenvalue weighted by molar-refractivity contribution is -0.387. The van der Waals surface area contributed by atoms with E-state index in [0.717, 1.165) is 12.1 Å². The van der Waals surface area contributed by atoms with Gasteiger partial charge in [0.05, 0.1) is 17.6 Å². The molecule has 0 saturated carbocycles. The van der Waals surface area contributed by atoms with Crippen molar-refractivity contribution in [2.24, 2.45) is 0 Å². The van der Waals surface area contributed by atoms with Gasteiger partial charge in [-0.2, -0.15) is 4.39 Å². The summed E-state index contributed by atoms with van der Waals surface area (Å²) in [4.78, 5) is 22.0. The number of nitro benzene ring substituents is 1. The number of rotatable bonds is 4. The number of amides is 1. The molecule has 8 heteroatoms. The third-order valence-corrected chi connectivity index (χ3v) is 3.04. The van der Waals surface area contributed by atoms with Crippen molar-refractivity contribution in [3.8, 4) is 5.75 Å². The Morgan fingerprint density at radius 1 is 1.32 bits per heavy atom. The Morgan fingerprint density at radius 2 is 2.05 bits per heavy atom. The molecule has 0 aromatic heterocycles. The summed E-state index contributed by atoms with van der Waals surface area (Å²) in [7, 11) is 1.38. The normalized spacial score (nSPS) is 10.1. The van der Waals surface area contributed by atoms with Crippen LogP contribution in [-0.2, 0) is 0 Å². The molecule has 114 valence electrons.